The lowest BCUT2D eigenvalue weighted by atomic mass is 9.98. The SMILES string of the molecule is CCC(C)C(NC(=O)OC(C)(C)C)C(=O)NCC(=O)c1ccc(Cl)cc1Cl. The van der Waals surface area contributed by atoms with Gasteiger partial charge in [0.1, 0.15) is 11.6 Å². The van der Waals surface area contributed by atoms with Gasteiger partial charge in [-0.25, -0.2) is 4.79 Å². The number of halogens is 2. The number of hydrogen-bond donors (Lipinski definition) is 2. The van der Waals surface area contributed by atoms with Crippen LogP contribution in [0, 0.1) is 5.92 Å². The van der Waals surface area contributed by atoms with Gasteiger partial charge in [-0.15, -0.1) is 0 Å². The van der Waals surface area contributed by atoms with Gasteiger partial charge in [-0.3, -0.25) is 9.59 Å². The Morgan fingerprint density at radius 2 is 1.81 bits per heavy atom. The summed E-state index contributed by atoms with van der Waals surface area (Å²) in [6.07, 6.45) is -0.0276. The number of alkyl carbamates (subject to hydrolysis) is 1. The van der Waals surface area contributed by atoms with Gasteiger partial charge in [0.2, 0.25) is 5.91 Å². The molecular formula is C19H26Cl2N2O4. The number of benzene rings is 1. The van der Waals surface area contributed by atoms with Crippen molar-refractivity contribution in [3.8, 4) is 0 Å². The fraction of sp³-hybridized carbons (Fsp3) is 0.526. The molecule has 1 aromatic rings. The van der Waals surface area contributed by atoms with E-state index in [9.17, 15) is 14.4 Å². The van der Waals surface area contributed by atoms with Gasteiger partial charge in [-0.1, -0.05) is 43.5 Å². The molecule has 8 heteroatoms. The topological polar surface area (TPSA) is 84.5 Å². The lowest BCUT2D eigenvalue weighted by molar-refractivity contribution is -0.124. The van der Waals surface area contributed by atoms with E-state index in [2.05, 4.69) is 10.6 Å². The predicted molar refractivity (Wildman–Crippen MR) is 106 cm³/mol. The van der Waals surface area contributed by atoms with Crippen LogP contribution in [0.4, 0.5) is 4.79 Å². The van der Waals surface area contributed by atoms with Crippen LogP contribution in [0.15, 0.2) is 18.2 Å². The molecule has 0 aromatic heterocycles. The minimum Gasteiger partial charge on any atom is -0.444 e. The molecule has 2 amide bonds. The molecule has 150 valence electrons. The van der Waals surface area contributed by atoms with Crippen molar-refractivity contribution >= 4 is 41.0 Å². The molecule has 2 unspecified atom stereocenters. The Morgan fingerprint density at radius 1 is 1.19 bits per heavy atom. The molecule has 2 N–H and O–H groups in total. The van der Waals surface area contributed by atoms with Crippen LogP contribution in [-0.4, -0.2) is 36.0 Å². The minimum absolute atomic E-state index is 0.147. The van der Waals surface area contributed by atoms with E-state index in [4.69, 9.17) is 27.9 Å². The van der Waals surface area contributed by atoms with Gasteiger partial charge in [0.25, 0.3) is 0 Å². The Labute approximate surface area is 169 Å². The molecule has 0 bridgehead atoms. The third-order valence-corrected chi connectivity index (χ3v) is 4.37. The zero-order chi connectivity index (χ0) is 20.8. The van der Waals surface area contributed by atoms with E-state index < -0.39 is 23.6 Å². The molecule has 0 aliphatic carbocycles. The van der Waals surface area contributed by atoms with Gasteiger partial charge in [0, 0.05) is 10.6 Å². The van der Waals surface area contributed by atoms with Crippen LogP contribution in [0.1, 0.15) is 51.4 Å². The summed E-state index contributed by atoms with van der Waals surface area (Å²) in [6, 6.07) is 3.70. The van der Waals surface area contributed by atoms with Crippen molar-refractivity contribution in [2.24, 2.45) is 5.92 Å². The summed E-state index contributed by atoms with van der Waals surface area (Å²) < 4.78 is 5.21. The molecule has 27 heavy (non-hydrogen) atoms. The second-order valence-corrected chi connectivity index (χ2v) is 8.12. The highest BCUT2D eigenvalue weighted by Crippen LogP contribution is 2.21. The summed E-state index contributed by atoms with van der Waals surface area (Å²) in [4.78, 5) is 36.9. The van der Waals surface area contributed by atoms with Crippen molar-refractivity contribution in [1.82, 2.24) is 10.6 Å². The maximum atomic E-state index is 12.5. The van der Waals surface area contributed by atoms with Crippen LogP contribution in [0.5, 0.6) is 0 Å². The number of ether oxygens (including phenoxy) is 1. The molecule has 0 radical (unpaired) electrons. The van der Waals surface area contributed by atoms with Crippen molar-refractivity contribution in [3.63, 3.8) is 0 Å². The lowest BCUT2D eigenvalue weighted by Gasteiger charge is -2.26. The van der Waals surface area contributed by atoms with Gasteiger partial charge in [0.15, 0.2) is 5.78 Å². The van der Waals surface area contributed by atoms with Crippen molar-refractivity contribution in [2.75, 3.05) is 6.54 Å². The van der Waals surface area contributed by atoms with Crippen LogP contribution in [-0.2, 0) is 9.53 Å². The van der Waals surface area contributed by atoms with Crippen LogP contribution < -0.4 is 10.6 Å². The summed E-state index contributed by atoms with van der Waals surface area (Å²) in [7, 11) is 0. The van der Waals surface area contributed by atoms with E-state index in [1.807, 2.05) is 13.8 Å². The van der Waals surface area contributed by atoms with Gasteiger partial charge >= 0.3 is 6.09 Å². The first-order valence-electron chi connectivity index (χ1n) is 8.70. The summed E-state index contributed by atoms with van der Waals surface area (Å²) >= 11 is 11.8. The Bertz CT molecular complexity index is 701. The molecule has 6 nitrogen and oxygen atoms in total. The fourth-order valence-corrected chi connectivity index (χ4v) is 2.74. The number of Topliss-reactive ketones (excluding diaryl/α,β-unsaturated/α-hetero) is 1. The molecular weight excluding hydrogens is 391 g/mol. The van der Waals surface area contributed by atoms with Crippen molar-refractivity contribution in [2.45, 2.75) is 52.7 Å². The largest absolute Gasteiger partial charge is 0.444 e. The second-order valence-electron chi connectivity index (χ2n) is 7.27. The highest BCUT2D eigenvalue weighted by atomic mass is 35.5. The molecule has 1 rings (SSSR count). The average molecular weight is 417 g/mol. The van der Waals surface area contributed by atoms with Crippen LogP contribution in [0.3, 0.4) is 0 Å². The zero-order valence-corrected chi connectivity index (χ0v) is 17.7. The number of ketones is 1. The number of rotatable bonds is 7. The molecule has 0 aliphatic heterocycles. The average Bonchev–Trinajstić information content (AvgIpc) is 2.55. The molecule has 0 fully saturated rings. The monoisotopic (exact) mass is 416 g/mol. The van der Waals surface area contributed by atoms with Gasteiger partial charge < -0.3 is 15.4 Å². The number of nitrogens with one attached hydrogen (secondary N) is 2. The van der Waals surface area contributed by atoms with Gasteiger partial charge in [0.05, 0.1) is 11.6 Å². The van der Waals surface area contributed by atoms with E-state index >= 15 is 0 Å². The van der Waals surface area contributed by atoms with E-state index in [-0.39, 0.29) is 28.8 Å². The third kappa shape index (κ3) is 7.77. The fourth-order valence-electron chi connectivity index (χ4n) is 2.22. The molecule has 0 saturated heterocycles. The number of carbonyl (C=O) groups excluding carboxylic acids is 3. The van der Waals surface area contributed by atoms with Gasteiger partial charge in [-0.05, 0) is 44.9 Å². The Kier molecular flexibility index (Phi) is 8.57. The maximum Gasteiger partial charge on any atom is 0.408 e. The molecule has 0 aliphatic rings. The van der Waals surface area contributed by atoms with Gasteiger partial charge in [-0.2, -0.15) is 0 Å². The number of amides is 2. The normalized spacial score (nSPS) is 13.4. The lowest BCUT2D eigenvalue weighted by Crippen LogP contribution is -2.52. The van der Waals surface area contributed by atoms with E-state index in [1.54, 1.807) is 26.8 Å². The summed E-state index contributed by atoms with van der Waals surface area (Å²) in [5.41, 5.74) is -0.413. The molecule has 0 spiro atoms. The van der Waals surface area contributed by atoms with Crippen molar-refractivity contribution in [3.05, 3.63) is 33.8 Å². The Hall–Kier alpha value is -1.79. The van der Waals surface area contributed by atoms with E-state index in [0.29, 0.717) is 11.4 Å². The number of carbonyl (C=O) groups is 3. The predicted octanol–water partition coefficient (Wildman–Crippen LogP) is 4.23. The van der Waals surface area contributed by atoms with Crippen LogP contribution >= 0.6 is 23.2 Å². The highest BCUT2D eigenvalue weighted by Gasteiger charge is 2.28. The first-order chi connectivity index (χ1) is 12.4. The second kappa shape index (κ2) is 9.95. The first kappa shape index (κ1) is 23.2. The molecule has 0 heterocycles. The third-order valence-electron chi connectivity index (χ3n) is 3.82. The molecule has 0 saturated carbocycles. The Balaban J connectivity index is 2.76. The van der Waals surface area contributed by atoms with Crippen LogP contribution in [0.2, 0.25) is 10.0 Å². The van der Waals surface area contributed by atoms with Crippen LogP contribution in [0.25, 0.3) is 0 Å². The minimum atomic E-state index is -0.821. The zero-order valence-electron chi connectivity index (χ0n) is 16.2. The van der Waals surface area contributed by atoms with Crippen molar-refractivity contribution < 1.29 is 19.1 Å². The van der Waals surface area contributed by atoms with E-state index in [0.717, 1.165) is 0 Å². The van der Waals surface area contributed by atoms with E-state index in [1.165, 1.54) is 12.1 Å². The summed E-state index contributed by atoms with van der Waals surface area (Å²) in [5.74, 6) is -0.967. The first-order valence-corrected chi connectivity index (χ1v) is 9.45. The maximum absolute atomic E-state index is 12.5. The highest BCUT2D eigenvalue weighted by molar-refractivity contribution is 6.36. The Morgan fingerprint density at radius 3 is 2.33 bits per heavy atom. The summed E-state index contributed by atoms with van der Waals surface area (Å²) in [5, 5.41) is 5.76. The summed E-state index contributed by atoms with van der Waals surface area (Å²) in [6.45, 7) is 8.70. The quantitative estimate of drug-likeness (QED) is 0.651. The molecule has 1 aromatic carbocycles. The smallest absolute Gasteiger partial charge is 0.408 e. The van der Waals surface area contributed by atoms with Crippen molar-refractivity contribution in [1.29, 1.82) is 0 Å². The standard InChI is InChI=1S/C19H26Cl2N2O4/c1-6-11(2)16(23-18(26)27-19(3,4)5)17(25)22-10-15(24)13-8-7-12(20)9-14(13)21/h7-9,11,16H,6,10H2,1-5H3,(H,22,25)(H,23,26). The number of hydrogen-bond acceptors (Lipinski definition) is 4. The molecule has 2 atom stereocenters.